The largest absolute Gasteiger partial charge is 0.494 e. The Labute approximate surface area is 153 Å². The topological polar surface area (TPSA) is 64.4 Å². The number of benzene rings is 1. The van der Waals surface area contributed by atoms with Crippen molar-refractivity contribution in [1.82, 2.24) is 14.7 Å². The Hall–Kier alpha value is -2.63. The number of likely N-dealkylation sites (tertiary alicyclic amines) is 1. The van der Waals surface area contributed by atoms with E-state index in [1.165, 1.54) is 17.9 Å². The SMILES string of the molecule is CC[C@@H]1CCCCN1C(=O)c1nn(-c2ccccc2C)c(=O)cc1OC. The van der Waals surface area contributed by atoms with Gasteiger partial charge in [0.05, 0.1) is 18.9 Å². The number of para-hydroxylation sites is 1. The highest BCUT2D eigenvalue weighted by molar-refractivity contribution is 5.95. The molecule has 0 bridgehead atoms. The summed E-state index contributed by atoms with van der Waals surface area (Å²) in [5.41, 5.74) is 1.45. The van der Waals surface area contributed by atoms with Gasteiger partial charge in [0.25, 0.3) is 11.5 Å². The van der Waals surface area contributed by atoms with Gasteiger partial charge in [-0.2, -0.15) is 9.78 Å². The number of hydrogen-bond acceptors (Lipinski definition) is 4. The molecular formula is C20H25N3O3. The van der Waals surface area contributed by atoms with Crippen molar-refractivity contribution in [1.29, 1.82) is 0 Å². The summed E-state index contributed by atoms with van der Waals surface area (Å²) in [6.45, 7) is 4.72. The quantitative estimate of drug-likeness (QED) is 0.846. The smallest absolute Gasteiger partial charge is 0.278 e. The highest BCUT2D eigenvalue weighted by Crippen LogP contribution is 2.24. The van der Waals surface area contributed by atoms with Gasteiger partial charge in [-0.05, 0) is 44.2 Å². The van der Waals surface area contributed by atoms with E-state index in [-0.39, 0.29) is 29.0 Å². The number of rotatable bonds is 4. The second-order valence-electron chi connectivity index (χ2n) is 6.65. The van der Waals surface area contributed by atoms with Gasteiger partial charge < -0.3 is 9.64 Å². The minimum Gasteiger partial charge on any atom is -0.494 e. The molecule has 6 heteroatoms. The van der Waals surface area contributed by atoms with Crippen LogP contribution < -0.4 is 10.3 Å². The van der Waals surface area contributed by atoms with Crippen LogP contribution in [0.25, 0.3) is 5.69 Å². The van der Waals surface area contributed by atoms with Crippen LogP contribution in [0.15, 0.2) is 35.1 Å². The number of carbonyl (C=O) groups is 1. The van der Waals surface area contributed by atoms with Crippen LogP contribution in [0, 0.1) is 6.92 Å². The number of carbonyl (C=O) groups excluding carboxylic acids is 1. The third-order valence-electron chi connectivity index (χ3n) is 5.02. The van der Waals surface area contributed by atoms with Gasteiger partial charge in [0, 0.05) is 12.6 Å². The van der Waals surface area contributed by atoms with Gasteiger partial charge in [-0.3, -0.25) is 9.59 Å². The molecule has 1 aliphatic heterocycles. The fourth-order valence-electron chi connectivity index (χ4n) is 3.55. The van der Waals surface area contributed by atoms with Gasteiger partial charge in [-0.25, -0.2) is 0 Å². The molecule has 1 atom stereocenters. The molecule has 1 aliphatic rings. The van der Waals surface area contributed by atoms with Crippen LogP contribution in [-0.2, 0) is 0 Å². The predicted molar refractivity (Wildman–Crippen MR) is 100 cm³/mol. The highest BCUT2D eigenvalue weighted by atomic mass is 16.5. The van der Waals surface area contributed by atoms with Crippen LogP contribution in [0.4, 0.5) is 0 Å². The molecule has 0 radical (unpaired) electrons. The van der Waals surface area contributed by atoms with E-state index in [9.17, 15) is 9.59 Å². The lowest BCUT2D eigenvalue weighted by Crippen LogP contribution is -2.44. The number of aryl methyl sites for hydroxylation is 1. The van der Waals surface area contributed by atoms with Crippen LogP contribution >= 0.6 is 0 Å². The third-order valence-corrected chi connectivity index (χ3v) is 5.02. The summed E-state index contributed by atoms with van der Waals surface area (Å²) in [6, 6.07) is 9.03. The molecule has 1 aromatic heterocycles. The van der Waals surface area contributed by atoms with Crippen molar-refractivity contribution >= 4 is 5.91 Å². The van der Waals surface area contributed by atoms with Gasteiger partial charge in [-0.15, -0.1) is 0 Å². The lowest BCUT2D eigenvalue weighted by atomic mass is 9.99. The first-order chi connectivity index (χ1) is 12.6. The second kappa shape index (κ2) is 7.72. The van der Waals surface area contributed by atoms with Crippen molar-refractivity contribution in [2.75, 3.05) is 13.7 Å². The number of aromatic nitrogens is 2. The van der Waals surface area contributed by atoms with E-state index in [1.807, 2.05) is 36.1 Å². The average Bonchev–Trinajstić information content (AvgIpc) is 2.67. The molecule has 2 heterocycles. The maximum Gasteiger partial charge on any atom is 0.278 e. The number of methoxy groups -OCH3 is 1. The van der Waals surface area contributed by atoms with Gasteiger partial charge in [0.15, 0.2) is 11.4 Å². The zero-order valence-electron chi connectivity index (χ0n) is 15.6. The Balaban J connectivity index is 2.08. The summed E-state index contributed by atoms with van der Waals surface area (Å²) >= 11 is 0. The lowest BCUT2D eigenvalue weighted by Gasteiger charge is -2.35. The first-order valence-electron chi connectivity index (χ1n) is 9.12. The average molecular weight is 355 g/mol. The summed E-state index contributed by atoms with van der Waals surface area (Å²) in [4.78, 5) is 27.6. The van der Waals surface area contributed by atoms with E-state index in [0.717, 1.165) is 31.2 Å². The Kier molecular flexibility index (Phi) is 5.40. The summed E-state index contributed by atoms with van der Waals surface area (Å²) in [6.07, 6.45) is 4.03. The van der Waals surface area contributed by atoms with Gasteiger partial charge in [0.2, 0.25) is 0 Å². The van der Waals surface area contributed by atoms with Crippen LogP contribution in [0.5, 0.6) is 5.75 Å². The molecule has 0 spiro atoms. The van der Waals surface area contributed by atoms with Crippen LogP contribution in [0.3, 0.4) is 0 Å². The van der Waals surface area contributed by atoms with E-state index in [0.29, 0.717) is 12.2 Å². The number of piperidine rings is 1. The molecule has 0 saturated carbocycles. The van der Waals surface area contributed by atoms with E-state index < -0.39 is 0 Å². The fourth-order valence-corrected chi connectivity index (χ4v) is 3.55. The Morgan fingerprint density at radius 1 is 1.31 bits per heavy atom. The minimum atomic E-state index is -0.321. The van der Waals surface area contributed by atoms with Crippen molar-refractivity contribution in [2.24, 2.45) is 0 Å². The maximum atomic E-state index is 13.2. The number of hydrogen-bond donors (Lipinski definition) is 0. The van der Waals surface area contributed by atoms with Gasteiger partial charge in [-0.1, -0.05) is 25.1 Å². The molecule has 0 N–H and O–H groups in total. The molecule has 1 saturated heterocycles. The van der Waals surface area contributed by atoms with Gasteiger partial charge >= 0.3 is 0 Å². The van der Waals surface area contributed by atoms with E-state index in [2.05, 4.69) is 12.0 Å². The zero-order valence-corrected chi connectivity index (χ0v) is 15.6. The van der Waals surface area contributed by atoms with E-state index in [1.54, 1.807) is 0 Å². The van der Waals surface area contributed by atoms with Crippen molar-refractivity contribution in [2.45, 2.75) is 45.6 Å². The van der Waals surface area contributed by atoms with Crippen LogP contribution in [0.2, 0.25) is 0 Å². The lowest BCUT2D eigenvalue weighted by molar-refractivity contribution is 0.0596. The molecule has 1 amide bonds. The molecule has 1 aromatic carbocycles. The Bertz CT molecular complexity index is 860. The van der Waals surface area contributed by atoms with Crippen molar-refractivity contribution in [3.05, 3.63) is 51.9 Å². The number of nitrogens with zero attached hydrogens (tertiary/aromatic N) is 3. The highest BCUT2D eigenvalue weighted by Gasteiger charge is 2.30. The standard InChI is InChI=1S/C20H25N3O3/c1-4-15-10-7-8-12-22(15)20(25)19-17(26-3)13-18(24)23(21-19)16-11-6-5-9-14(16)2/h5-6,9,11,13,15H,4,7-8,10,12H2,1-3H3/t15-/m1/s1. The first-order valence-corrected chi connectivity index (χ1v) is 9.12. The molecule has 1 fully saturated rings. The monoisotopic (exact) mass is 355 g/mol. The first kappa shape index (κ1) is 18.2. The third kappa shape index (κ3) is 3.36. The molecule has 138 valence electrons. The summed E-state index contributed by atoms with van der Waals surface area (Å²) in [5, 5.41) is 4.41. The molecule has 3 rings (SSSR count). The summed E-state index contributed by atoms with van der Waals surface area (Å²) in [5.74, 6) is 0.0565. The van der Waals surface area contributed by atoms with E-state index >= 15 is 0 Å². The van der Waals surface area contributed by atoms with E-state index in [4.69, 9.17) is 4.74 Å². The summed E-state index contributed by atoms with van der Waals surface area (Å²) in [7, 11) is 1.46. The Morgan fingerprint density at radius 3 is 2.77 bits per heavy atom. The molecule has 0 aliphatic carbocycles. The van der Waals surface area contributed by atoms with Crippen molar-refractivity contribution in [3.8, 4) is 11.4 Å². The predicted octanol–water partition coefficient (Wildman–Crippen LogP) is 2.95. The molecule has 26 heavy (non-hydrogen) atoms. The molecule has 6 nitrogen and oxygen atoms in total. The number of amides is 1. The normalized spacial score (nSPS) is 17.2. The fraction of sp³-hybridized carbons (Fsp3) is 0.450. The Morgan fingerprint density at radius 2 is 2.08 bits per heavy atom. The molecular weight excluding hydrogens is 330 g/mol. The molecule has 0 unspecified atom stereocenters. The second-order valence-corrected chi connectivity index (χ2v) is 6.65. The maximum absolute atomic E-state index is 13.2. The van der Waals surface area contributed by atoms with Crippen molar-refractivity contribution < 1.29 is 9.53 Å². The summed E-state index contributed by atoms with van der Waals surface area (Å²) < 4.78 is 6.59. The minimum absolute atomic E-state index is 0.171. The number of ether oxygens (including phenoxy) is 1. The molecule has 2 aromatic rings. The van der Waals surface area contributed by atoms with Crippen LogP contribution in [0.1, 0.15) is 48.7 Å². The van der Waals surface area contributed by atoms with Crippen molar-refractivity contribution in [3.63, 3.8) is 0 Å². The van der Waals surface area contributed by atoms with Crippen LogP contribution in [-0.4, -0.2) is 40.3 Å². The zero-order chi connectivity index (χ0) is 18.7. The van der Waals surface area contributed by atoms with Gasteiger partial charge in [0.1, 0.15) is 0 Å².